The average molecular weight is 412 g/mol. The van der Waals surface area contributed by atoms with E-state index in [1.807, 2.05) is 7.05 Å². The smallest absolute Gasteiger partial charge is 0.243 e. The summed E-state index contributed by atoms with van der Waals surface area (Å²) in [6.45, 7) is 3.47. The summed E-state index contributed by atoms with van der Waals surface area (Å²) in [5.41, 5.74) is 0.412. The van der Waals surface area contributed by atoms with E-state index < -0.39 is 20.0 Å². The number of hydrogen-bond acceptors (Lipinski definition) is 5. The first kappa shape index (κ1) is 22.3. The van der Waals surface area contributed by atoms with Crippen LogP contribution < -0.4 is 10.0 Å². The zero-order chi connectivity index (χ0) is 18.0. The van der Waals surface area contributed by atoms with Crippen molar-refractivity contribution in [1.82, 2.24) is 14.3 Å². The second kappa shape index (κ2) is 8.79. The molecule has 10 heteroatoms. The fourth-order valence-electron chi connectivity index (χ4n) is 2.99. The zero-order valence-corrected chi connectivity index (χ0v) is 17.1. The summed E-state index contributed by atoms with van der Waals surface area (Å²) in [5.74, 6) is 0.492. The lowest BCUT2D eigenvalue weighted by Crippen LogP contribution is -2.40. The number of hydrogen-bond donors (Lipinski definition) is 2. The maximum Gasteiger partial charge on any atom is 0.243 e. The molecular formula is C15H26ClN3O4S2. The fraction of sp³-hybridized carbons (Fsp3) is 0.600. The molecule has 144 valence electrons. The third kappa shape index (κ3) is 4.93. The zero-order valence-electron chi connectivity index (χ0n) is 14.6. The summed E-state index contributed by atoms with van der Waals surface area (Å²) < 4.78 is 53.1. The molecular weight excluding hydrogens is 386 g/mol. The number of sulfonamides is 2. The Balaban J connectivity index is 0.00000312. The third-order valence-corrected chi connectivity index (χ3v) is 7.88. The quantitative estimate of drug-likeness (QED) is 0.726. The largest absolute Gasteiger partial charge is 0.319 e. The third-order valence-electron chi connectivity index (χ3n) is 4.41. The second-order valence-electron chi connectivity index (χ2n) is 6.04. The molecule has 2 rings (SSSR count). The van der Waals surface area contributed by atoms with Crippen LogP contribution in [0.3, 0.4) is 0 Å². The van der Waals surface area contributed by atoms with E-state index in [2.05, 4.69) is 10.0 Å². The molecule has 1 aliphatic heterocycles. The standard InChI is InChI=1S/C15H25N3O4S2.ClH/c1-12-10-14(4-5-15(12)23(19,20)17-3)24(21,22)18-8-6-13(7-9-18)11-16-2;/h4-5,10,13,16-17H,6-9,11H2,1-3H3;1H. The SMILES string of the molecule is CNCC1CCN(S(=O)(=O)c2ccc(S(=O)(=O)NC)c(C)c2)CC1.Cl. The van der Waals surface area contributed by atoms with Crippen LogP contribution in [0.2, 0.25) is 0 Å². The van der Waals surface area contributed by atoms with Gasteiger partial charge in [0.05, 0.1) is 9.79 Å². The van der Waals surface area contributed by atoms with Crippen molar-refractivity contribution in [2.45, 2.75) is 29.6 Å². The van der Waals surface area contributed by atoms with Crippen LogP contribution in [0.15, 0.2) is 28.0 Å². The van der Waals surface area contributed by atoms with Crippen molar-refractivity contribution >= 4 is 32.5 Å². The van der Waals surface area contributed by atoms with E-state index in [1.165, 1.54) is 29.6 Å². The molecule has 25 heavy (non-hydrogen) atoms. The summed E-state index contributed by atoms with van der Waals surface area (Å²) >= 11 is 0. The number of rotatable bonds is 6. The normalized spacial score (nSPS) is 17.2. The highest BCUT2D eigenvalue weighted by Gasteiger charge is 2.30. The molecule has 0 unspecified atom stereocenters. The Labute approximate surface area is 156 Å². The molecule has 1 heterocycles. The first-order chi connectivity index (χ1) is 11.2. The van der Waals surface area contributed by atoms with Gasteiger partial charge in [-0.1, -0.05) is 0 Å². The van der Waals surface area contributed by atoms with E-state index in [0.29, 0.717) is 24.6 Å². The van der Waals surface area contributed by atoms with Crippen molar-refractivity contribution in [3.05, 3.63) is 23.8 Å². The Morgan fingerprint density at radius 2 is 1.72 bits per heavy atom. The Morgan fingerprint density at radius 3 is 2.20 bits per heavy atom. The van der Waals surface area contributed by atoms with E-state index in [-0.39, 0.29) is 22.2 Å². The monoisotopic (exact) mass is 411 g/mol. The summed E-state index contributed by atoms with van der Waals surface area (Å²) in [7, 11) is -3.97. The van der Waals surface area contributed by atoms with Gasteiger partial charge in [-0.15, -0.1) is 12.4 Å². The minimum absolute atomic E-state index is 0. The van der Waals surface area contributed by atoms with Crippen molar-refractivity contribution < 1.29 is 16.8 Å². The fourth-order valence-corrected chi connectivity index (χ4v) is 5.49. The number of nitrogens with one attached hydrogen (secondary N) is 2. The first-order valence-corrected chi connectivity index (χ1v) is 10.8. The van der Waals surface area contributed by atoms with Gasteiger partial charge in [-0.2, -0.15) is 4.31 Å². The van der Waals surface area contributed by atoms with Crippen LogP contribution in [0.1, 0.15) is 18.4 Å². The Morgan fingerprint density at radius 1 is 1.12 bits per heavy atom. The van der Waals surface area contributed by atoms with Crippen LogP contribution in [0.5, 0.6) is 0 Å². The van der Waals surface area contributed by atoms with E-state index in [0.717, 1.165) is 19.4 Å². The van der Waals surface area contributed by atoms with Gasteiger partial charge in [-0.05, 0) is 70.1 Å². The molecule has 1 fully saturated rings. The maximum absolute atomic E-state index is 12.8. The molecule has 0 bridgehead atoms. The average Bonchev–Trinajstić information content (AvgIpc) is 2.55. The highest BCUT2D eigenvalue weighted by atomic mass is 35.5. The van der Waals surface area contributed by atoms with Gasteiger partial charge >= 0.3 is 0 Å². The molecule has 0 aromatic heterocycles. The number of nitrogens with zero attached hydrogens (tertiary/aromatic N) is 1. The van der Waals surface area contributed by atoms with Gasteiger partial charge in [0.25, 0.3) is 0 Å². The van der Waals surface area contributed by atoms with Gasteiger partial charge < -0.3 is 5.32 Å². The highest BCUT2D eigenvalue weighted by molar-refractivity contribution is 7.89. The minimum atomic E-state index is -3.59. The molecule has 0 radical (unpaired) electrons. The van der Waals surface area contributed by atoms with Crippen LogP contribution in [-0.4, -0.2) is 54.9 Å². The molecule has 0 saturated carbocycles. The molecule has 2 N–H and O–H groups in total. The van der Waals surface area contributed by atoms with E-state index >= 15 is 0 Å². The van der Waals surface area contributed by atoms with E-state index in [1.54, 1.807) is 6.92 Å². The summed E-state index contributed by atoms with van der Waals surface area (Å²) in [6, 6.07) is 4.15. The molecule has 7 nitrogen and oxygen atoms in total. The van der Waals surface area contributed by atoms with Gasteiger partial charge in [-0.25, -0.2) is 21.6 Å². The van der Waals surface area contributed by atoms with Crippen LogP contribution in [0.25, 0.3) is 0 Å². The lowest BCUT2D eigenvalue weighted by atomic mass is 9.98. The molecule has 0 amide bonds. The summed E-state index contributed by atoms with van der Waals surface area (Å²) in [6.07, 6.45) is 1.65. The van der Waals surface area contributed by atoms with E-state index in [4.69, 9.17) is 0 Å². The van der Waals surface area contributed by atoms with Crippen molar-refractivity contribution in [3.8, 4) is 0 Å². The van der Waals surface area contributed by atoms with Crippen LogP contribution in [0.4, 0.5) is 0 Å². The lowest BCUT2D eigenvalue weighted by Gasteiger charge is -2.31. The molecule has 1 saturated heterocycles. The summed E-state index contributed by atoms with van der Waals surface area (Å²) in [5, 5.41) is 3.13. The Bertz CT molecular complexity index is 789. The van der Waals surface area contributed by atoms with Crippen LogP contribution in [0, 0.1) is 12.8 Å². The molecule has 0 spiro atoms. The molecule has 1 aromatic carbocycles. The predicted octanol–water partition coefficient (Wildman–Crippen LogP) is 0.945. The van der Waals surface area contributed by atoms with Crippen molar-refractivity contribution in [2.24, 2.45) is 5.92 Å². The van der Waals surface area contributed by atoms with Gasteiger partial charge in [0.1, 0.15) is 0 Å². The van der Waals surface area contributed by atoms with E-state index in [9.17, 15) is 16.8 Å². The minimum Gasteiger partial charge on any atom is -0.319 e. The summed E-state index contributed by atoms with van der Waals surface area (Å²) in [4.78, 5) is 0.235. The van der Waals surface area contributed by atoms with Crippen molar-refractivity contribution in [3.63, 3.8) is 0 Å². The van der Waals surface area contributed by atoms with Gasteiger partial charge in [0.2, 0.25) is 20.0 Å². The lowest BCUT2D eigenvalue weighted by molar-refractivity contribution is 0.270. The van der Waals surface area contributed by atoms with Crippen molar-refractivity contribution in [2.75, 3.05) is 33.7 Å². The highest BCUT2D eigenvalue weighted by Crippen LogP contribution is 2.26. The van der Waals surface area contributed by atoms with Crippen LogP contribution in [-0.2, 0) is 20.0 Å². The molecule has 1 aliphatic rings. The van der Waals surface area contributed by atoms with Crippen LogP contribution >= 0.6 is 12.4 Å². The van der Waals surface area contributed by atoms with Gasteiger partial charge in [0.15, 0.2) is 0 Å². The Hall–Kier alpha value is -0.710. The number of piperidine rings is 1. The van der Waals surface area contributed by atoms with Gasteiger partial charge in [-0.3, -0.25) is 0 Å². The molecule has 1 aromatic rings. The maximum atomic E-state index is 12.8. The molecule has 0 aliphatic carbocycles. The Kier molecular flexibility index (Phi) is 7.85. The second-order valence-corrected chi connectivity index (χ2v) is 9.83. The van der Waals surface area contributed by atoms with Gasteiger partial charge in [0, 0.05) is 13.1 Å². The van der Waals surface area contributed by atoms with Crippen molar-refractivity contribution in [1.29, 1.82) is 0 Å². The number of aryl methyl sites for hydroxylation is 1. The first-order valence-electron chi connectivity index (χ1n) is 7.91. The topological polar surface area (TPSA) is 95.6 Å². The number of benzene rings is 1. The number of halogens is 1. The molecule has 0 atom stereocenters. The predicted molar refractivity (Wildman–Crippen MR) is 100 cm³/mol.